The predicted octanol–water partition coefficient (Wildman–Crippen LogP) is -1.06. The van der Waals surface area contributed by atoms with Crippen LogP contribution in [0.3, 0.4) is 0 Å². The van der Waals surface area contributed by atoms with Crippen LogP contribution in [0.1, 0.15) is 24.6 Å². The van der Waals surface area contributed by atoms with Gasteiger partial charge in [0.05, 0.1) is 0 Å². The largest absolute Gasteiger partial charge is 0.480 e. The van der Waals surface area contributed by atoms with Crippen molar-refractivity contribution in [3.05, 3.63) is 11.7 Å². The third-order valence-electron chi connectivity index (χ3n) is 2.48. The van der Waals surface area contributed by atoms with Crippen LogP contribution in [0.25, 0.3) is 0 Å². The molecule has 1 aromatic heterocycles. The van der Waals surface area contributed by atoms with Crippen molar-refractivity contribution in [2.75, 3.05) is 6.54 Å². The minimum Gasteiger partial charge on any atom is -0.480 e. The molecule has 116 valence electrons. The van der Waals surface area contributed by atoms with E-state index in [4.69, 9.17) is 15.4 Å². The van der Waals surface area contributed by atoms with Gasteiger partial charge in [-0.15, -0.1) is 0 Å². The van der Waals surface area contributed by atoms with Gasteiger partial charge in [-0.25, -0.2) is 9.59 Å². The van der Waals surface area contributed by atoms with Crippen molar-refractivity contribution in [1.82, 2.24) is 20.8 Å². The highest BCUT2D eigenvalue weighted by Gasteiger charge is 2.20. The Labute approximate surface area is 120 Å². The highest BCUT2D eigenvalue weighted by molar-refractivity contribution is 5.83. The molecule has 0 bridgehead atoms. The van der Waals surface area contributed by atoms with Crippen molar-refractivity contribution in [3.63, 3.8) is 0 Å². The lowest BCUT2D eigenvalue weighted by Crippen LogP contribution is -2.46. The maximum atomic E-state index is 11.5. The summed E-state index contributed by atoms with van der Waals surface area (Å²) in [6.45, 7) is 1.87. The minimum absolute atomic E-state index is 0.0685. The molecule has 0 saturated carbocycles. The fourth-order valence-corrected chi connectivity index (χ4v) is 1.48. The van der Waals surface area contributed by atoms with Crippen molar-refractivity contribution < 1.29 is 24.0 Å². The Morgan fingerprint density at radius 3 is 2.67 bits per heavy atom. The smallest absolute Gasteiger partial charge is 0.326 e. The summed E-state index contributed by atoms with van der Waals surface area (Å²) in [5.41, 5.74) is 4.93. The molecule has 10 heteroatoms. The van der Waals surface area contributed by atoms with Gasteiger partial charge in [-0.3, -0.25) is 4.79 Å². The summed E-state index contributed by atoms with van der Waals surface area (Å²) in [5, 5.41) is 17.2. The number of aliphatic carboxylic acids is 1. The maximum Gasteiger partial charge on any atom is 0.326 e. The van der Waals surface area contributed by atoms with Crippen LogP contribution in [-0.2, 0) is 16.0 Å². The van der Waals surface area contributed by atoms with Gasteiger partial charge in [0.25, 0.3) is 0 Å². The van der Waals surface area contributed by atoms with Gasteiger partial charge in [0.1, 0.15) is 6.04 Å². The van der Waals surface area contributed by atoms with E-state index in [0.717, 1.165) is 0 Å². The van der Waals surface area contributed by atoms with Crippen molar-refractivity contribution in [2.24, 2.45) is 5.73 Å². The van der Waals surface area contributed by atoms with Gasteiger partial charge < -0.3 is 26.0 Å². The number of carbonyl (C=O) groups excluding carboxylic acids is 2. The van der Waals surface area contributed by atoms with Crippen LogP contribution in [0, 0.1) is 6.92 Å². The van der Waals surface area contributed by atoms with Crippen LogP contribution >= 0.6 is 0 Å². The molecule has 0 radical (unpaired) electrons. The third-order valence-corrected chi connectivity index (χ3v) is 2.48. The number of hydrogen-bond donors (Lipinski definition) is 4. The van der Waals surface area contributed by atoms with Crippen LogP contribution in [0.5, 0.6) is 0 Å². The van der Waals surface area contributed by atoms with E-state index < -0.39 is 23.9 Å². The molecular weight excluding hydrogens is 282 g/mol. The van der Waals surface area contributed by atoms with Gasteiger partial charge in [0, 0.05) is 19.4 Å². The number of nitrogens with one attached hydrogen (secondary N) is 2. The van der Waals surface area contributed by atoms with Gasteiger partial charge in [-0.05, 0) is 13.3 Å². The second kappa shape index (κ2) is 7.82. The number of hydrogen-bond acceptors (Lipinski definition) is 6. The van der Waals surface area contributed by atoms with Gasteiger partial charge in [0.2, 0.25) is 11.8 Å². The molecule has 0 fully saturated rings. The summed E-state index contributed by atoms with van der Waals surface area (Å²) in [6.07, 6.45) is 0.132. The van der Waals surface area contributed by atoms with Crippen LogP contribution in [0.4, 0.5) is 4.79 Å². The Morgan fingerprint density at radius 1 is 1.43 bits per heavy atom. The van der Waals surface area contributed by atoms with E-state index in [1.54, 1.807) is 6.92 Å². The molecule has 1 rings (SSSR count). The lowest BCUT2D eigenvalue weighted by Gasteiger charge is -2.14. The Morgan fingerprint density at radius 2 is 2.14 bits per heavy atom. The maximum absolute atomic E-state index is 11.5. The van der Waals surface area contributed by atoms with Crippen LogP contribution in [0.2, 0.25) is 0 Å². The average molecular weight is 299 g/mol. The number of urea groups is 1. The molecule has 21 heavy (non-hydrogen) atoms. The Bertz CT molecular complexity index is 515. The van der Waals surface area contributed by atoms with E-state index in [1.807, 2.05) is 0 Å². The first-order valence-corrected chi connectivity index (χ1v) is 6.23. The molecule has 1 heterocycles. The molecular formula is C11H17N5O5. The summed E-state index contributed by atoms with van der Waals surface area (Å²) in [7, 11) is 0. The molecule has 5 N–H and O–H groups in total. The first kappa shape index (κ1) is 16.4. The molecule has 0 aliphatic heterocycles. The zero-order valence-corrected chi connectivity index (χ0v) is 11.5. The summed E-state index contributed by atoms with van der Waals surface area (Å²) in [4.78, 5) is 37.0. The fourth-order valence-electron chi connectivity index (χ4n) is 1.48. The monoisotopic (exact) mass is 299 g/mol. The second-order valence-corrected chi connectivity index (χ2v) is 4.28. The quantitative estimate of drug-likeness (QED) is 0.475. The van der Waals surface area contributed by atoms with E-state index in [0.29, 0.717) is 18.1 Å². The van der Waals surface area contributed by atoms with Gasteiger partial charge in [0.15, 0.2) is 5.82 Å². The summed E-state index contributed by atoms with van der Waals surface area (Å²) >= 11 is 0. The number of aryl methyl sites for hydroxylation is 1. The predicted molar refractivity (Wildman–Crippen MR) is 69.1 cm³/mol. The normalized spacial score (nSPS) is 11.7. The molecule has 0 saturated heterocycles. The number of carbonyl (C=O) groups is 3. The van der Waals surface area contributed by atoms with Crippen molar-refractivity contribution in [3.8, 4) is 0 Å². The number of nitrogens with two attached hydrogens (primary N) is 1. The molecule has 0 spiro atoms. The summed E-state index contributed by atoms with van der Waals surface area (Å²) < 4.78 is 4.85. The van der Waals surface area contributed by atoms with Gasteiger partial charge in [-0.1, -0.05) is 5.16 Å². The zero-order valence-electron chi connectivity index (χ0n) is 11.5. The number of primary amides is 1. The topological polar surface area (TPSA) is 160 Å². The number of carboxylic acids is 1. The zero-order chi connectivity index (χ0) is 15.8. The molecule has 1 aromatic rings. The molecule has 0 aliphatic rings. The van der Waals surface area contributed by atoms with E-state index >= 15 is 0 Å². The van der Waals surface area contributed by atoms with E-state index in [1.165, 1.54) is 0 Å². The standard InChI is InChI=1S/C11H17N5O5/c1-6-14-9(21-16-6)4-5-13-11(20)15-7(10(18)19)2-3-8(12)17/h7H,2-5H2,1H3,(H2,12,17)(H,18,19)(H2,13,15,20)/t7-/m0/s1. The van der Waals surface area contributed by atoms with Gasteiger partial charge >= 0.3 is 12.0 Å². The SMILES string of the molecule is Cc1noc(CCNC(=O)N[C@@H](CCC(N)=O)C(=O)O)n1. The lowest BCUT2D eigenvalue weighted by molar-refractivity contribution is -0.139. The van der Waals surface area contributed by atoms with Gasteiger partial charge in [-0.2, -0.15) is 4.98 Å². The van der Waals surface area contributed by atoms with E-state index in [9.17, 15) is 14.4 Å². The molecule has 0 aromatic carbocycles. The molecule has 1 atom stereocenters. The van der Waals surface area contributed by atoms with E-state index in [-0.39, 0.29) is 19.4 Å². The third kappa shape index (κ3) is 6.36. The first-order chi connectivity index (χ1) is 9.88. The van der Waals surface area contributed by atoms with Crippen molar-refractivity contribution in [2.45, 2.75) is 32.2 Å². The molecule has 3 amide bonds. The van der Waals surface area contributed by atoms with E-state index in [2.05, 4.69) is 20.8 Å². The highest BCUT2D eigenvalue weighted by atomic mass is 16.5. The summed E-state index contributed by atoms with van der Waals surface area (Å²) in [5.74, 6) is -1.00. The van der Waals surface area contributed by atoms with Crippen molar-refractivity contribution >= 4 is 17.9 Å². The molecule has 0 aliphatic carbocycles. The van der Waals surface area contributed by atoms with Crippen LogP contribution in [-0.4, -0.2) is 45.7 Å². The minimum atomic E-state index is -1.24. The van der Waals surface area contributed by atoms with Crippen LogP contribution in [0.15, 0.2) is 4.52 Å². The number of nitrogens with zero attached hydrogens (tertiary/aromatic N) is 2. The fraction of sp³-hybridized carbons (Fsp3) is 0.545. The lowest BCUT2D eigenvalue weighted by atomic mass is 10.1. The summed E-state index contributed by atoms with van der Waals surface area (Å²) in [6, 6.07) is -1.84. The number of rotatable bonds is 8. The van der Waals surface area contributed by atoms with Crippen molar-refractivity contribution in [1.29, 1.82) is 0 Å². The second-order valence-electron chi connectivity index (χ2n) is 4.28. The Kier molecular flexibility index (Phi) is 6.11. The van der Waals surface area contributed by atoms with Crippen LogP contribution < -0.4 is 16.4 Å². The molecule has 0 unspecified atom stereocenters. The number of carboxylic acid groups (broad SMARTS) is 1. The highest BCUT2D eigenvalue weighted by Crippen LogP contribution is 1.98. The Hall–Kier alpha value is -2.65. The average Bonchev–Trinajstić information content (AvgIpc) is 2.79. The number of amides is 3. The first-order valence-electron chi connectivity index (χ1n) is 6.23. The Balaban J connectivity index is 2.32. The number of aromatic nitrogens is 2. The molecule has 10 nitrogen and oxygen atoms in total.